The van der Waals surface area contributed by atoms with Gasteiger partial charge in [0.2, 0.25) is 0 Å². The van der Waals surface area contributed by atoms with E-state index in [9.17, 15) is 4.79 Å². The zero-order valence-electron chi connectivity index (χ0n) is 7.61. The van der Waals surface area contributed by atoms with Crippen molar-refractivity contribution in [3.63, 3.8) is 0 Å². The van der Waals surface area contributed by atoms with Gasteiger partial charge in [-0.3, -0.25) is 4.79 Å². The van der Waals surface area contributed by atoms with Crippen molar-refractivity contribution < 1.29 is 9.53 Å². The maximum atomic E-state index is 10.7. The maximum absolute atomic E-state index is 10.7. The normalized spacial score (nSPS) is 14.5. The quantitative estimate of drug-likeness (QED) is 0.630. The number of esters is 1. The van der Waals surface area contributed by atoms with Gasteiger partial charge in [0.15, 0.2) is 5.01 Å². The van der Waals surface area contributed by atoms with Gasteiger partial charge >= 0.3 is 5.97 Å². The Bertz CT molecular complexity index is 300. The van der Waals surface area contributed by atoms with Crippen molar-refractivity contribution in [3.8, 4) is 0 Å². The first kappa shape index (κ1) is 11.7. The van der Waals surface area contributed by atoms with Gasteiger partial charge < -0.3 is 4.74 Å². The summed E-state index contributed by atoms with van der Waals surface area (Å²) in [6, 6.07) is 9.76. The third kappa shape index (κ3) is 3.42. The minimum absolute atomic E-state index is 0.0346. The van der Waals surface area contributed by atoms with E-state index >= 15 is 0 Å². The van der Waals surface area contributed by atoms with Crippen LogP contribution in [0.1, 0.15) is 17.3 Å². The van der Waals surface area contributed by atoms with Gasteiger partial charge in [0.1, 0.15) is 0 Å². The molecule has 0 aliphatic carbocycles. The molecule has 0 N–H and O–H groups in total. The van der Waals surface area contributed by atoms with Gasteiger partial charge in [-0.25, -0.2) is 0 Å². The van der Waals surface area contributed by atoms with E-state index < -0.39 is 0 Å². The fourth-order valence-corrected chi connectivity index (χ4v) is 1.99. The molecule has 0 saturated heterocycles. The number of hydrogen-bond acceptors (Lipinski definition) is 2. The van der Waals surface area contributed by atoms with Crippen molar-refractivity contribution >= 4 is 37.8 Å². The zero-order chi connectivity index (χ0) is 10.6. The maximum Gasteiger partial charge on any atom is 0.303 e. The minimum atomic E-state index is -0.345. The molecule has 2 atom stereocenters. The molecule has 2 nitrogen and oxygen atoms in total. The molecule has 0 bridgehead atoms. The summed E-state index contributed by atoms with van der Waals surface area (Å²) in [5.41, 5.74) is 1.07. The van der Waals surface area contributed by atoms with Crippen LogP contribution in [0.3, 0.4) is 0 Å². The summed E-state index contributed by atoms with van der Waals surface area (Å²) in [7, 11) is 0. The lowest BCUT2D eigenvalue weighted by molar-refractivity contribution is -0.142. The first-order valence-electron chi connectivity index (χ1n) is 4.11. The van der Waals surface area contributed by atoms with E-state index in [2.05, 4.69) is 31.9 Å². The Labute approximate surface area is 99.9 Å². The first-order chi connectivity index (χ1) is 6.61. The molecule has 76 valence electrons. The summed E-state index contributed by atoms with van der Waals surface area (Å²) in [5, 5.41) is -0.345. The molecule has 0 aromatic heterocycles. The van der Waals surface area contributed by atoms with Crippen LogP contribution in [0, 0.1) is 0 Å². The second-order valence-electron chi connectivity index (χ2n) is 2.77. The number of carbonyl (C=O) groups excluding carboxylic acids is 1. The summed E-state index contributed by atoms with van der Waals surface area (Å²) < 4.78 is 5.00. The molecule has 1 aromatic rings. The monoisotopic (exact) mass is 320 g/mol. The molecule has 4 heteroatoms. The summed E-state index contributed by atoms with van der Waals surface area (Å²) in [4.78, 5) is 10.7. The molecular formula is C10H10Br2O2. The number of benzene rings is 1. The number of hydrogen-bond donors (Lipinski definition) is 0. The Morgan fingerprint density at radius 2 is 1.86 bits per heavy atom. The van der Waals surface area contributed by atoms with Gasteiger partial charge in [-0.1, -0.05) is 46.3 Å². The largest absolute Gasteiger partial charge is 0.449 e. The summed E-state index contributed by atoms with van der Waals surface area (Å²) in [6.45, 7) is 1.39. The number of halogens is 2. The number of ether oxygens (including phenoxy) is 1. The van der Waals surface area contributed by atoms with E-state index in [1.165, 1.54) is 6.92 Å². The lowest BCUT2D eigenvalue weighted by Crippen LogP contribution is -2.14. The predicted octanol–water partition coefficient (Wildman–Crippen LogP) is 3.41. The predicted molar refractivity (Wildman–Crippen MR) is 62.6 cm³/mol. The van der Waals surface area contributed by atoms with Gasteiger partial charge in [0, 0.05) is 6.92 Å². The van der Waals surface area contributed by atoms with E-state index in [1.807, 2.05) is 30.3 Å². The topological polar surface area (TPSA) is 26.3 Å². The molecule has 0 aliphatic rings. The van der Waals surface area contributed by atoms with Crippen LogP contribution in [0.25, 0.3) is 0 Å². The third-order valence-electron chi connectivity index (χ3n) is 1.63. The zero-order valence-corrected chi connectivity index (χ0v) is 10.8. The molecule has 1 rings (SSSR count). The summed E-state index contributed by atoms with van der Waals surface area (Å²) in [6.07, 6.45) is 0. The fraction of sp³-hybridized carbons (Fsp3) is 0.300. The van der Waals surface area contributed by atoms with Crippen molar-refractivity contribution in [1.82, 2.24) is 0 Å². The van der Waals surface area contributed by atoms with Crippen molar-refractivity contribution in [1.29, 1.82) is 0 Å². The van der Waals surface area contributed by atoms with Crippen molar-refractivity contribution in [2.45, 2.75) is 16.8 Å². The average Bonchev–Trinajstić information content (AvgIpc) is 2.17. The van der Waals surface area contributed by atoms with Crippen LogP contribution in [0.4, 0.5) is 0 Å². The van der Waals surface area contributed by atoms with Gasteiger partial charge in [0.25, 0.3) is 0 Å². The minimum Gasteiger partial charge on any atom is -0.449 e. The van der Waals surface area contributed by atoms with Crippen LogP contribution in [-0.4, -0.2) is 11.0 Å². The molecule has 14 heavy (non-hydrogen) atoms. The van der Waals surface area contributed by atoms with Crippen molar-refractivity contribution in [2.75, 3.05) is 0 Å². The molecule has 0 aliphatic heterocycles. The van der Waals surface area contributed by atoms with E-state index in [0.29, 0.717) is 0 Å². The van der Waals surface area contributed by atoms with E-state index in [-0.39, 0.29) is 15.8 Å². The van der Waals surface area contributed by atoms with E-state index in [0.717, 1.165) is 5.56 Å². The fourth-order valence-electron chi connectivity index (χ4n) is 1.01. The second kappa shape index (κ2) is 5.51. The number of alkyl halides is 2. The smallest absolute Gasteiger partial charge is 0.303 e. The van der Waals surface area contributed by atoms with Gasteiger partial charge in [-0.2, -0.15) is 0 Å². The second-order valence-corrected chi connectivity index (χ2v) is 4.66. The summed E-state index contributed by atoms with van der Waals surface area (Å²) in [5.74, 6) is -0.299. The van der Waals surface area contributed by atoms with Gasteiger partial charge in [-0.05, 0) is 21.5 Å². The van der Waals surface area contributed by atoms with Crippen LogP contribution in [0.5, 0.6) is 0 Å². The highest BCUT2D eigenvalue weighted by Gasteiger charge is 2.19. The number of carbonyl (C=O) groups is 1. The SMILES string of the molecule is CC(=O)OC(Br)C(Br)c1ccccc1. The molecule has 1 aromatic carbocycles. The Morgan fingerprint density at radius 3 is 2.36 bits per heavy atom. The molecule has 0 spiro atoms. The van der Waals surface area contributed by atoms with E-state index in [1.54, 1.807) is 0 Å². The molecule has 2 unspecified atom stereocenters. The Morgan fingerprint density at radius 1 is 1.29 bits per heavy atom. The highest BCUT2D eigenvalue weighted by molar-refractivity contribution is 9.12. The van der Waals surface area contributed by atoms with Crippen LogP contribution in [0.2, 0.25) is 0 Å². The Balaban J connectivity index is 2.65. The number of rotatable bonds is 3. The molecule has 0 heterocycles. The average molecular weight is 322 g/mol. The molecule has 0 radical (unpaired) electrons. The Hall–Kier alpha value is -0.350. The lowest BCUT2D eigenvalue weighted by atomic mass is 10.2. The molecule has 0 saturated carbocycles. The van der Waals surface area contributed by atoms with Crippen LogP contribution in [0.15, 0.2) is 30.3 Å². The standard InChI is InChI=1S/C10H10Br2O2/c1-7(13)14-10(12)9(11)8-5-3-2-4-6-8/h2-6,9-10H,1H3. The van der Waals surface area contributed by atoms with Crippen LogP contribution >= 0.6 is 31.9 Å². The van der Waals surface area contributed by atoms with Crippen molar-refractivity contribution in [2.24, 2.45) is 0 Å². The summed E-state index contributed by atoms with van der Waals surface area (Å²) >= 11 is 6.75. The van der Waals surface area contributed by atoms with Crippen molar-refractivity contribution in [3.05, 3.63) is 35.9 Å². The van der Waals surface area contributed by atoms with Gasteiger partial charge in [-0.15, -0.1) is 0 Å². The van der Waals surface area contributed by atoms with Crippen LogP contribution in [-0.2, 0) is 9.53 Å². The Kier molecular flexibility index (Phi) is 4.62. The molecule has 0 fully saturated rings. The highest BCUT2D eigenvalue weighted by Crippen LogP contribution is 2.31. The van der Waals surface area contributed by atoms with E-state index in [4.69, 9.17) is 4.74 Å². The first-order valence-corrected chi connectivity index (χ1v) is 5.94. The highest BCUT2D eigenvalue weighted by atomic mass is 79.9. The third-order valence-corrected chi connectivity index (χ3v) is 4.06. The lowest BCUT2D eigenvalue weighted by Gasteiger charge is -2.16. The molecular weight excluding hydrogens is 312 g/mol. The van der Waals surface area contributed by atoms with Crippen LogP contribution < -0.4 is 0 Å². The molecule has 0 amide bonds. The van der Waals surface area contributed by atoms with Gasteiger partial charge in [0.05, 0.1) is 4.83 Å².